The van der Waals surface area contributed by atoms with Gasteiger partial charge in [0.05, 0.1) is 23.7 Å². The maximum atomic E-state index is 12.3. The first kappa shape index (κ1) is 14.5. The molecule has 0 spiro atoms. The van der Waals surface area contributed by atoms with E-state index in [-0.39, 0.29) is 5.69 Å². The van der Waals surface area contributed by atoms with Gasteiger partial charge >= 0.3 is 6.03 Å². The summed E-state index contributed by atoms with van der Waals surface area (Å²) in [6.07, 6.45) is 1.41. The van der Waals surface area contributed by atoms with Crippen LogP contribution in [-0.2, 0) is 0 Å². The quantitative estimate of drug-likeness (QED) is 0.592. The highest BCUT2D eigenvalue weighted by Gasteiger charge is 2.14. The Hall–Kier alpha value is -3.42. The van der Waals surface area contributed by atoms with Crippen LogP contribution in [-0.4, -0.2) is 27.8 Å². The minimum absolute atomic E-state index is 0.0485. The number of rotatable bonds is 3. The van der Waals surface area contributed by atoms with Gasteiger partial charge in [0.2, 0.25) is 0 Å². The molecule has 8 nitrogen and oxygen atoms in total. The van der Waals surface area contributed by atoms with Crippen LogP contribution in [0.2, 0.25) is 0 Å². The lowest BCUT2D eigenvalue weighted by atomic mass is 10.2. The predicted octanol–water partition coefficient (Wildman–Crippen LogP) is 3.03. The first-order valence-corrected chi connectivity index (χ1v) is 6.66. The molecule has 0 unspecified atom stereocenters. The SMILES string of the molecule is COc1ccc(NC(=O)n2ncc3cc([N+](=O)[O-])ccc32)cc1. The fourth-order valence-corrected chi connectivity index (χ4v) is 2.15. The first-order chi connectivity index (χ1) is 11.1. The van der Waals surface area contributed by atoms with Crippen molar-refractivity contribution in [3.05, 3.63) is 58.8 Å². The Labute approximate surface area is 130 Å². The van der Waals surface area contributed by atoms with E-state index in [1.807, 2.05) is 0 Å². The minimum Gasteiger partial charge on any atom is -0.497 e. The molecule has 0 atom stereocenters. The summed E-state index contributed by atoms with van der Waals surface area (Å²) >= 11 is 0. The van der Waals surface area contributed by atoms with Gasteiger partial charge in [0.25, 0.3) is 5.69 Å². The Morgan fingerprint density at radius 1 is 1.26 bits per heavy atom. The lowest BCUT2D eigenvalue weighted by Crippen LogP contribution is -2.20. The number of hydrogen-bond donors (Lipinski definition) is 1. The van der Waals surface area contributed by atoms with Gasteiger partial charge in [0.15, 0.2) is 0 Å². The number of nitro groups is 1. The van der Waals surface area contributed by atoms with E-state index in [9.17, 15) is 14.9 Å². The van der Waals surface area contributed by atoms with Crippen molar-refractivity contribution >= 4 is 28.3 Å². The van der Waals surface area contributed by atoms with Gasteiger partial charge < -0.3 is 10.1 Å². The van der Waals surface area contributed by atoms with Crippen LogP contribution in [0.4, 0.5) is 16.2 Å². The summed E-state index contributed by atoms with van der Waals surface area (Å²) in [5, 5.41) is 18.0. The normalized spacial score (nSPS) is 10.5. The maximum absolute atomic E-state index is 12.3. The number of nitrogens with one attached hydrogen (secondary N) is 1. The van der Waals surface area contributed by atoms with Crippen LogP contribution in [0.1, 0.15) is 0 Å². The molecule has 1 aromatic heterocycles. The van der Waals surface area contributed by atoms with E-state index in [2.05, 4.69) is 10.4 Å². The lowest BCUT2D eigenvalue weighted by Gasteiger charge is -2.06. The number of nitrogens with zero attached hydrogens (tertiary/aromatic N) is 3. The van der Waals surface area contributed by atoms with Crippen molar-refractivity contribution in [3.8, 4) is 5.75 Å². The Morgan fingerprint density at radius 2 is 2.00 bits per heavy atom. The number of aromatic nitrogens is 2. The number of amides is 1. The maximum Gasteiger partial charge on any atom is 0.347 e. The third-order valence-corrected chi connectivity index (χ3v) is 3.30. The average Bonchev–Trinajstić information content (AvgIpc) is 2.98. The van der Waals surface area contributed by atoms with E-state index in [0.29, 0.717) is 22.3 Å². The number of ether oxygens (including phenoxy) is 1. The molecule has 0 aliphatic heterocycles. The van der Waals surface area contributed by atoms with Crippen LogP contribution in [0, 0.1) is 10.1 Å². The van der Waals surface area contributed by atoms with Gasteiger partial charge in [-0.3, -0.25) is 10.1 Å². The summed E-state index contributed by atoms with van der Waals surface area (Å²) in [4.78, 5) is 22.6. The molecule has 0 bridgehead atoms. The van der Waals surface area contributed by atoms with Gasteiger partial charge in [-0.15, -0.1) is 0 Å². The summed E-state index contributed by atoms with van der Waals surface area (Å²) in [5.74, 6) is 0.680. The molecule has 0 saturated carbocycles. The molecular weight excluding hydrogens is 300 g/mol. The molecule has 1 heterocycles. The van der Waals surface area contributed by atoms with Crippen LogP contribution < -0.4 is 10.1 Å². The Kier molecular flexibility index (Phi) is 3.63. The number of non-ortho nitro benzene ring substituents is 1. The van der Waals surface area contributed by atoms with E-state index >= 15 is 0 Å². The summed E-state index contributed by atoms with van der Waals surface area (Å²) in [6.45, 7) is 0. The smallest absolute Gasteiger partial charge is 0.347 e. The number of hydrogen-bond acceptors (Lipinski definition) is 5. The zero-order valence-electron chi connectivity index (χ0n) is 12.1. The standard InChI is InChI=1S/C15H12N4O4/c1-23-13-5-2-11(3-6-13)17-15(20)18-14-7-4-12(19(21)22)8-10(14)9-16-18/h2-9H,1H3,(H,17,20). The lowest BCUT2D eigenvalue weighted by molar-refractivity contribution is -0.384. The molecule has 0 aliphatic carbocycles. The number of anilines is 1. The Morgan fingerprint density at radius 3 is 2.65 bits per heavy atom. The largest absolute Gasteiger partial charge is 0.497 e. The van der Waals surface area contributed by atoms with E-state index in [0.717, 1.165) is 4.68 Å². The molecule has 23 heavy (non-hydrogen) atoms. The monoisotopic (exact) mass is 312 g/mol. The van der Waals surface area contributed by atoms with E-state index in [1.54, 1.807) is 31.4 Å². The number of nitro benzene ring substituents is 1. The van der Waals surface area contributed by atoms with Gasteiger partial charge in [-0.25, -0.2) is 4.79 Å². The molecule has 0 radical (unpaired) electrons. The van der Waals surface area contributed by atoms with Crippen molar-refractivity contribution < 1.29 is 14.5 Å². The number of methoxy groups -OCH3 is 1. The summed E-state index contributed by atoms with van der Waals surface area (Å²) in [5.41, 5.74) is 1.02. The third kappa shape index (κ3) is 2.82. The van der Waals surface area contributed by atoms with Gasteiger partial charge in [0, 0.05) is 23.2 Å². The highest BCUT2D eigenvalue weighted by Crippen LogP contribution is 2.21. The highest BCUT2D eigenvalue weighted by molar-refractivity contribution is 5.97. The molecular formula is C15H12N4O4. The number of carbonyl (C=O) groups is 1. The Balaban J connectivity index is 1.87. The van der Waals surface area contributed by atoms with Crippen molar-refractivity contribution in [1.82, 2.24) is 9.78 Å². The van der Waals surface area contributed by atoms with Crippen molar-refractivity contribution in [2.45, 2.75) is 0 Å². The molecule has 1 amide bonds. The summed E-state index contributed by atoms with van der Waals surface area (Å²) in [6, 6.07) is 10.6. The second-order valence-electron chi connectivity index (χ2n) is 4.72. The third-order valence-electron chi connectivity index (χ3n) is 3.30. The molecule has 116 valence electrons. The molecule has 0 fully saturated rings. The molecule has 1 N–H and O–H groups in total. The Bertz CT molecular complexity index is 886. The minimum atomic E-state index is -0.492. The molecule has 0 aliphatic rings. The van der Waals surface area contributed by atoms with Gasteiger partial charge in [-0.05, 0) is 30.3 Å². The zero-order valence-corrected chi connectivity index (χ0v) is 12.1. The van der Waals surface area contributed by atoms with Crippen LogP contribution in [0.25, 0.3) is 10.9 Å². The fourth-order valence-electron chi connectivity index (χ4n) is 2.15. The molecule has 2 aromatic carbocycles. The average molecular weight is 312 g/mol. The van der Waals surface area contributed by atoms with Gasteiger partial charge in [-0.1, -0.05) is 0 Å². The molecule has 0 saturated heterocycles. The second kappa shape index (κ2) is 5.76. The number of benzene rings is 2. The molecule has 3 aromatic rings. The second-order valence-corrected chi connectivity index (χ2v) is 4.72. The van der Waals surface area contributed by atoms with Crippen LogP contribution in [0.5, 0.6) is 5.75 Å². The number of fused-ring (bicyclic) bond motifs is 1. The van der Waals surface area contributed by atoms with Crippen molar-refractivity contribution in [2.24, 2.45) is 0 Å². The van der Waals surface area contributed by atoms with Crippen molar-refractivity contribution in [1.29, 1.82) is 0 Å². The van der Waals surface area contributed by atoms with E-state index < -0.39 is 11.0 Å². The fraction of sp³-hybridized carbons (Fsp3) is 0.0667. The highest BCUT2D eigenvalue weighted by atomic mass is 16.6. The van der Waals surface area contributed by atoms with E-state index in [4.69, 9.17) is 4.74 Å². The van der Waals surface area contributed by atoms with Gasteiger partial charge in [-0.2, -0.15) is 9.78 Å². The van der Waals surface area contributed by atoms with Crippen LogP contribution >= 0.6 is 0 Å². The van der Waals surface area contributed by atoms with Crippen molar-refractivity contribution in [3.63, 3.8) is 0 Å². The van der Waals surface area contributed by atoms with Crippen LogP contribution in [0.15, 0.2) is 48.7 Å². The number of carbonyl (C=O) groups excluding carboxylic acids is 1. The summed E-state index contributed by atoms with van der Waals surface area (Å²) < 4.78 is 6.21. The zero-order chi connectivity index (χ0) is 16.4. The van der Waals surface area contributed by atoms with Gasteiger partial charge in [0.1, 0.15) is 5.75 Å². The van der Waals surface area contributed by atoms with Crippen LogP contribution in [0.3, 0.4) is 0 Å². The van der Waals surface area contributed by atoms with Crippen molar-refractivity contribution in [2.75, 3.05) is 12.4 Å². The summed E-state index contributed by atoms with van der Waals surface area (Å²) in [7, 11) is 1.56. The molecule has 3 rings (SSSR count). The molecule has 8 heteroatoms. The first-order valence-electron chi connectivity index (χ1n) is 6.66. The predicted molar refractivity (Wildman–Crippen MR) is 83.8 cm³/mol. The topological polar surface area (TPSA) is 99.3 Å². The van der Waals surface area contributed by atoms with E-state index in [1.165, 1.54) is 24.4 Å².